The average molecular weight is 522 g/mol. The molecule has 0 saturated carbocycles. The number of benzene rings is 1. The fraction of sp³-hybridized carbons (Fsp3) is 0.567. The standard InChI is InChI=1S/C30H43N5O3/c1-3-4-5-6-7-8-9-10-11-12-13-14-15-16-22-31-29-28(35(36)37)30(33-23-32-29)38-26-19-17-18-25-21-20-24(2)34-27(25)26/h17-21,23H,3-16,22H2,1-2H3,(H,31,32,33). The Morgan fingerprint density at radius 1 is 0.842 bits per heavy atom. The van der Waals surface area contributed by atoms with Gasteiger partial charge in [-0.05, 0) is 25.5 Å². The van der Waals surface area contributed by atoms with Crippen LogP contribution in [0.15, 0.2) is 36.7 Å². The van der Waals surface area contributed by atoms with E-state index < -0.39 is 4.92 Å². The van der Waals surface area contributed by atoms with Crippen molar-refractivity contribution in [2.24, 2.45) is 0 Å². The van der Waals surface area contributed by atoms with Crippen LogP contribution in [0.2, 0.25) is 0 Å². The molecule has 0 bridgehead atoms. The summed E-state index contributed by atoms with van der Waals surface area (Å²) in [5.41, 5.74) is 1.21. The van der Waals surface area contributed by atoms with Crippen LogP contribution in [0, 0.1) is 17.0 Å². The van der Waals surface area contributed by atoms with Crippen molar-refractivity contribution in [2.45, 2.75) is 104 Å². The maximum Gasteiger partial charge on any atom is 0.373 e. The monoisotopic (exact) mass is 521 g/mol. The van der Waals surface area contributed by atoms with E-state index in [-0.39, 0.29) is 17.4 Å². The fourth-order valence-electron chi connectivity index (χ4n) is 4.66. The van der Waals surface area contributed by atoms with E-state index >= 15 is 0 Å². The van der Waals surface area contributed by atoms with Crippen LogP contribution >= 0.6 is 0 Å². The fourth-order valence-corrected chi connectivity index (χ4v) is 4.66. The average Bonchev–Trinajstić information content (AvgIpc) is 2.91. The van der Waals surface area contributed by atoms with Gasteiger partial charge in [0.1, 0.15) is 11.8 Å². The number of anilines is 1. The molecular weight excluding hydrogens is 478 g/mol. The molecule has 0 amide bonds. The summed E-state index contributed by atoms with van der Waals surface area (Å²) in [7, 11) is 0. The Morgan fingerprint density at radius 3 is 2.11 bits per heavy atom. The summed E-state index contributed by atoms with van der Waals surface area (Å²) in [6, 6.07) is 9.35. The lowest BCUT2D eigenvalue weighted by atomic mass is 10.0. The van der Waals surface area contributed by atoms with Crippen LogP contribution in [0.1, 0.15) is 103 Å². The SMILES string of the molecule is CCCCCCCCCCCCCCCCNc1ncnc(Oc2cccc3ccc(C)nc23)c1[N+](=O)[O-]. The number of aryl methyl sites for hydroxylation is 1. The molecule has 3 aromatic rings. The van der Waals surface area contributed by atoms with Crippen molar-refractivity contribution in [1.29, 1.82) is 0 Å². The van der Waals surface area contributed by atoms with E-state index in [1.165, 1.54) is 83.4 Å². The summed E-state index contributed by atoms with van der Waals surface area (Å²) < 4.78 is 5.91. The maximum atomic E-state index is 11.9. The number of ether oxygens (including phenoxy) is 1. The zero-order valence-electron chi connectivity index (χ0n) is 23.1. The molecule has 0 fully saturated rings. The molecule has 1 N–H and O–H groups in total. The van der Waals surface area contributed by atoms with Crippen LogP contribution < -0.4 is 10.1 Å². The molecule has 8 nitrogen and oxygen atoms in total. The van der Waals surface area contributed by atoms with E-state index in [9.17, 15) is 10.1 Å². The van der Waals surface area contributed by atoms with Gasteiger partial charge in [0.15, 0.2) is 5.75 Å². The second-order valence-electron chi connectivity index (χ2n) is 10.0. The highest BCUT2D eigenvalue weighted by Gasteiger charge is 2.25. The first kappa shape index (κ1) is 29.3. The van der Waals surface area contributed by atoms with Crippen molar-refractivity contribution < 1.29 is 9.66 Å². The number of fused-ring (bicyclic) bond motifs is 1. The van der Waals surface area contributed by atoms with E-state index in [0.717, 1.165) is 23.9 Å². The van der Waals surface area contributed by atoms with E-state index in [2.05, 4.69) is 27.2 Å². The molecular formula is C30H43N5O3. The first-order valence-corrected chi connectivity index (χ1v) is 14.4. The van der Waals surface area contributed by atoms with Crippen molar-refractivity contribution in [3.8, 4) is 11.6 Å². The highest BCUT2D eigenvalue weighted by molar-refractivity contribution is 5.85. The van der Waals surface area contributed by atoms with Gasteiger partial charge in [-0.25, -0.2) is 9.97 Å². The molecule has 0 saturated heterocycles. The molecule has 0 spiro atoms. The second kappa shape index (κ2) is 16.5. The minimum Gasteiger partial charge on any atom is -0.431 e. The molecule has 1 aromatic carbocycles. The lowest BCUT2D eigenvalue weighted by Crippen LogP contribution is -2.08. The van der Waals surface area contributed by atoms with E-state index in [0.29, 0.717) is 17.8 Å². The van der Waals surface area contributed by atoms with Crippen LogP contribution in [0.5, 0.6) is 11.6 Å². The summed E-state index contributed by atoms with van der Waals surface area (Å²) in [5, 5.41) is 15.9. The Labute approximate surface area is 226 Å². The molecule has 206 valence electrons. The molecule has 0 aliphatic heterocycles. The van der Waals surface area contributed by atoms with Crippen molar-refractivity contribution in [2.75, 3.05) is 11.9 Å². The van der Waals surface area contributed by atoms with Crippen LogP contribution in [0.3, 0.4) is 0 Å². The minimum absolute atomic E-state index is 0.0933. The van der Waals surface area contributed by atoms with Gasteiger partial charge < -0.3 is 10.1 Å². The number of para-hydroxylation sites is 1. The highest BCUT2D eigenvalue weighted by atomic mass is 16.6. The number of nitro groups is 1. The number of nitrogens with zero attached hydrogens (tertiary/aromatic N) is 4. The third-order valence-electron chi connectivity index (χ3n) is 6.82. The molecule has 0 aliphatic carbocycles. The molecule has 8 heteroatoms. The van der Waals surface area contributed by atoms with Crippen molar-refractivity contribution in [3.63, 3.8) is 0 Å². The zero-order valence-corrected chi connectivity index (χ0v) is 23.1. The predicted molar refractivity (Wildman–Crippen MR) is 154 cm³/mol. The molecule has 3 rings (SSSR count). The van der Waals surface area contributed by atoms with Gasteiger partial charge >= 0.3 is 11.6 Å². The van der Waals surface area contributed by atoms with Crippen LogP contribution in [-0.2, 0) is 0 Å². The molecule has 38 heavy (non-hydrogen) atoms. The third kappa shape index (κ3) is 9.54. The normalized spacial score (nSPS) is 11.1. The first-order valence-electron chi connectivity index (χ1n) is 14.4. The largest absolute Gasteiger partial charge is 0.431 e. The van der Waals surface area contributed by atoms with Gasteiger partial charge in [-0.3, -0.25) is 10.1 Å². The number of nitrogens with one attached hydrogen (secondary N) is 1. The van der Waals surface area contributed by atoms with Crippen LogP contribution in [-0.4, -0.2) is 26.4 Å². The molecule has 2 heterocycles. The summed E-state index contributed by atoms with van der Waals surface area (Å²) in [4.78, 5) is 24.1. The topological polar surface area (TPSA) is 103 Å². The van der Waals surface area contributed by atoms with Crippen LogP contribution in [0.4, 0.5) is 11.5 Å². The smallest absolute Gasteiger partial charge is 0.373 e. The second-order valence-corrected chi connectivity index (χ2v) is 10.0. The summed E-state index contributed by atoms with van der Waals surface area (Å²) in [5.74, 6) is 0.509. The number of hydrogen-bond donors (Lipinski definition) is 1. The van der Waals surface area contributed by atoms with E-state index in [1.54, 1.807) is 6.07 Å². The number of unbranched alkanes of at least 4 members (excludes halogenated alkanes) is 13. The van der Waals surface area contributed by atoms with Crippen molar-refractivity contribution in [1.82, 2.24) is 15.0 Å². The molecule has 0 radical (unpaired) electrons. The molecule has 0 atom stereocenters. The molecule has 0 aliphatic rings. The van der Waals surface area contributed by atoms with Crippen molar-refractivity contribution >= 4 is 22.4 Å². The van der Waals surface area contributed by atoms with Crippen LogP contribution in [0.25, 0.3) is 10.9 Å². The molecule has 2 aromatic heterocycles. The van der Waals surface area contributed by atoms with Gasteiger partial charge in [-0.2, -0.15) is 4.98 Å². The number of hydrogen-bond acceptors (Lipinski definition) is 7. The zero-order chi connectivity index (χ0) is 27.0. The minimum atomic E-state index is -0.493. The highest BCUT2D eigenvalue weighted by Crippen LogP contribution is 2.36. The van der Waals surface area contributed by atoms with E-state index in [1.807, 2.05) is 31.2 Å². The Balaban J connectivity index is 1.40. The Kier molecular flexibility index (Phi) is 12.7. The third-order valence-corrected chi connectivity index (χ3v) is 6.82. The van der Waals surface area contributed by atoms with Gasteiger partial charge in [0.25, 0.3) is 0 Å². The quantitative estimate of drug-likeness (QED) is 0.0953. The molecule has 0 unspecified atom stereocenters. The first-order chi connectivity index (χ1) is 18.6. The van der Waals surface area contributed by atoms with Gasteiger partial charge in [0.2, 0.25) is 5.82 Å². The lowest BCUT2D eigenvalue weighted by molar-refractivity contribution is -0.385. The van der Waals surface area contributed by atoms with Gasteiger partial charge in [-0.15, -0.1) is 0 Å². The van der Waals surface area contributed by atoms with Crippen molar-refractivity contribution in [3.05, 3.63) is 52.5 Å². The van der Waals surface area contributed by atoms with Gasteiger partial charge in [0.05, 0.1) is 4.92 Å². The Hall–Kier alpha value is -3.29. The Morgan fingerprint density at radius 2 is 1.47 bits per heavy atom. The van der Waals surface area contributed by atoms with Gasteiger partial charge in [0, 0.05) is 17.6 Å². The number of aromatic nitrogens is 3. The summed E-state index contributed by atoms with van der Waals surface area (Å²) in [6.07, 6.45) is 19.4. The van der Waals surface area contributed by atoms with E-state index in [4.69, 9.17) is 4.74 Å². The number of pyridine rings is 1. The predicted octanol–water partition coefficient (Wildman–Crippen LogP) is 8.93. The summed E-state index contributed by atoms with van der Waals surface area (Å²) >= 11 is 0. The maximum absolute atomic E-state index is 11.9. The number of rotatable bonds is 19. The lowest BCUT2D eigenvalue weighted by Gasteiger charge is -2.11. The Bertz CT molecular complexity index is 1140. The van der Waals surface area contributed by atoms with Gasteiger partial charge in [-0.1, -0.05) is 109 Å². The summed E-state index contributed by atoms with van der Waals surface area (Å²) in [6.45, 7) is 4.77.